The van der Waals surface area contributed by atoms with E-state index in [-0.39, 0.29) is 16.9 Å². The summed E-state index contributed by atoms with van der Waals surface area (Å²) in [5.74, 6) is -0.115. The van der Waals surface area contributed by atoms with Crippen LogP contribution in [0.2, 0.25) is 0 Å². The number of nitrogens with zero attached hydrogens (tertiary/aromatic N) is 1. The number of carbonyl (C=O) groups is 1. The van der Waals surface area contributed by atoms with Crippen LogP contribution in [-0.4, -0.2) is 28.9 Å². The molecule has 1 aliphatic carbocycles. The molecule has 17 heavy (non-hydrogen) atoms. The van der Waals surface area contributed by atoms with Crippen LogP contribution in [0, 0.1) is 5.41 Å². The number of likely N-dealkylation sites (tertiary alicyclic amines) is 1. The zero-order chi connectivity index (χ0) is 11.9. The third kappa shape index (κ3) is 1.68. The van der Waals surface area contributed by atoms with Crippen LogP contribution in [0.25, 0.3) is 0 Å². The van der Waals surface area contributed by atoms with E-state index in [1.165, 1.54) is 31.5 Å². The molecule has 1 amide bonds. The lowest BCUT2D eigenvalue weighted by molar-refractivity contribution is 0.0730. The first-order valence-corrected chi connectivity index (χ1v) is 6.17. The van der Waals surface area contributed by atoms with Gasteiger partial charge in [0.1, 0.15) is 5.56 Å². The van der Waals surface area contributed by atoms with Crippen LogP contribution in [0.1, 0.15) is 36.0 Å². The van der Waals surface area contributed by atoms with Gasteiger partial charge >= 0.3 is 0 Å². The van der Waals surface area contributed by atoms with Crippen LogP contribution in [-0.2, 0) is 0 Å². The van der Waals surface area contributed by atoms with E-state index in [9.17, 15) is 9.59 Å². The van der Waals surface area contributed by atoms with Crippen molar-refractivity contribution < 1.29 is 4.79 Å². The topological polar surface area (TPSA) is 53.2 Å². The molecule has 4 nitrogen and oxygen atoms in total. The second-order valence-electron chi connectivity index (χ2n) is 5.25. The SMILES string of the molecule is O=C(c1c[nH]ccc1=O)N1CCC2(CCC2)C1. The number of pyridine rings is 1. The lowest BCUT2D eigenvalue weighted by Crippen LogP contribution is -2.37. The Labute approximate surface area is 99.6 Å². The smallest absolute Gasteiger partial charge is 0.259 e. The molecule has 1 saturated carbocycles. The van der Waals surface area contributed by atoms with Crippen LogP contribution in [0.5, 0.6) is 0 Å². The Kier molecular flexibility index (Phi) is 2.31. The highest BCUT2D eigenvalue weighted by molar-refractivity contribution is 5.94. The fraction of sp³-hybridized carbons (Fsp3) is 0.538. The Morgan fingerprint density at radius 3 is 2.76 bits per heavy atom. The third-order valence-electron chi connectivity index (χ3n) is 4.19. The first kappa shape index (κ1) is 10.6. The molecule has 3 rings (SSSR count). The highest BCUT2D eigenvalue weighted by Crippen LogP contribution is 2.48. The van der Waals surface area contributed by atoms with Crippen molar-refractivity contribution in [3.05, 3.63) is 34.2 Å². The quantitative estimate of drug-likeness (QED) is 0.795. The van der Waals surface area contributed by atoms with Crippen molar-refractivity contribution >= 4 is 5.91 Å². The molecule has 1 aliphatic heterocycles. The van der Waals surface area contributed by atoms with Gasteiger partial charge in [-0.05, 0) is 24.7 Å². The summed E-state index contributed by atoms with van der Waals surface area (Å²) in [6.45, 7) is 1.63. The Morgan fingerprint density at radius 2 is 2.18 bits per heavy atom. The Bertz CT molecular complexity index is 502. The molecule has 2 fully saturated rings. The van der Waals surface area contributed by atoms with Crippen molar-refractivity contribution in [2.45, 2.75) is 25.7 Å². The molecule has 1 spiro atoms. The molecule has 0 atom stereocenters. The highest BCUT2D eigenvalue weighted by atomic mass is 16.2. The monoisotopic (exact) mass is 232 g/mol. The zero-order valence-electron chi connectivity index (χ0n) is 9.74. The van der Waals surface area contributed by atoms with Crippen LogP contribution in [0.15, 0.2) is 23.3 Å². The zero-order valence-corrected chi connectivity index (χ0v) is 9.74. The van der Waals surface area contributed by atoms with Gasteiger partial charge in [-0.2, -0.15) is 0 Å². The maximum atomic E-state index is 12.2. The summed E-state index contributed by atoms with van der Waals surface area (Å²) in [6, 6.07) is 1.41. The van der Waals surface area contributed by atoms with Gasteiger partial charge in [0.05, 0.1) is 0 Å². The number of hydrogen-bond acceptors (Lipinski definition) is 2. The molecule has 1 saturated heterocycles. The van der Waals surface area contributed by atoms with Crippen molar-refractivity contribution in [1.82, 2.24) is 9.88 Å². The first-order chi connectivity index (χ1) is 8.20. The number of H-pyrrole nitrogens is 1. The van der Waals surface area contributed by atoms with Crippen molar-refractivity contribution in [2.24, 2.45) is 5.41 Å². The molecule has 2 aliphatic rings. The Balaban J connectivity index is 1.80. The largest absolute Gasteiger partial charge is 0.367 e. The number of aromatic nitrogens is 1. The van der Waals surface area contributed by atoms with Gasteiger partial charge in [0, 0.05) is 31.5 Å². The van der Waals surface area contributed by atoms with Crippen LogP contribution >= 0.6 is 0 Å². The predicted octanol–water partition coefficient (Wildman–Crippen LogP) is 1.39. The fourth-order valence-electron chi connectivity index (χ4n) is 2.95. The number of rotatable bonds is 1. The number of hydrogen-bond donors (Lipinski definition) is 1. The standard InChI is InChI=1S/C13H16N2O2/c16-11-2-6-14-8-10(11)12(17)15-7-5-13(9-15)3-1-4-13/h2,6,8H,1,3-5,7,9H2,(H,14,16). The molecule has 1 aromatic heterocycles. The molecular weight excluding hydrogens is 216 g/mol. The van der Waals surface area contributed by atoms with E-state index in [1.54, 1.807) is 6.20 Å². The third-order valence-corrected chi connectivity index (χ3v) is 4.19. The molecule has 4 heteroatoms. The van der Waals surface area contributed by atoms with Crippen LogP contribution in [0.3, 0.4) is 0 Å². The molecular formula is C13H16N2O2. The van der Waals surface area contributed by atoms with Crippen molar-refractivity contribution in [3.63, 3.8) is 0 Å². The maximum Gasteiger partial charge on any atom is 0.259 e. The van der Waals surface area contributed by atoms with Gasteiger partial charge in [0.2, 0.25) is 0 Å². The van der Waals surface area contributed by atoms with E-state index in [0.717, 1.165) is 19.5 Å². The molecule has 2 heterocycles. The molecule has 0 unspecified atom stereocenters. The average Bonchev–Trinajstić information content (AvgIpc) is 2.73. The summed E-state index contributed by atoms with van der Waals surface area (Å²) in [6.07, 6.45) is 7.92. The minimum atomic E-state index is -0.191. The molecule has 90 valence electrons. The average molecular weight is 232 g/mol. The van der Waals surface area contributed by atoms with Gasteiger partial charge in [0.15, 0.2) is 5.43 Å². The number of amides is 1. The fourth-order valence-corrected chi connectivity index (χ4v) is 2.95. The maximum absolute atomic E-state index is 12.2. The van der Waals surface area contributed by atoms with Gasteiger partial charge in [0.25, 0.3) is 5.91 Å². The van der Waals surface area contributed by atoms with Gasteiger partial charge in [-0.15, -0.1) is 0 Å². The summed E-state index contributed by atoms with van der Waals surface area (Å²) in [4.78, 5) is 28.4. The molecule has 0 aromatic carbocycles. The summed E-state index contributed by atoms with van der Waals surface area (Å²) >= 11 is 0. The number of aromatic amines is 1. The Hall–Kier alpha value is -1.58. The summed E-state index contributed by atoms with van der Waals surface area (Å²) in [5, 5.41) is 0. The predicted molar refractivity (Wildman–Crippen MR) is 63.9 cm³/mol. The Morgan fingerprint density at radius 1 is 1.35 bits per heavy atom. The van der Waals surface area contributed by atoms with Gasteiger partial charge in [-0.1, -0.05) is 6.42 Å². The minimum Gasteiger partial charge on any atom is -0.367 e. The number of nitrogens with one attached hydrogen (secondary N) is 1. The van der Waals surface area contributed by atoms with E-state index in [2.05, 4.69) is 4.98 Å². The van der Waals surface area contributed by atoms with E-state index < -0.39 is 0 Å². The summed E-state index contributed by atoms with van der Waals surface area (Å²) in [5.41, 5.74) is 0.462. The van der Waals surface area contributed by atoms with E-state index in [0.29, 0.717) is 5.41 Å². The molecule has 1 N–H and O–H groups in total. The van der Waals surface area contributed by atoms with Gasteiger partial charge in [-0.3, -0.25) is 9.59 Å². The normalized spacial score (nSPS) is 21.5. The van der Waals surface area contributed by atoms with Crippen molar-refractivity contribution in [2.75, 3.05) is 13.1 Å². The van der Waals surface area contributed by atoms with Gasteiger partial charge < -0.3 is 9.88 Å². The van der Waals surface area contributed by atoms with Crippen LogP contribution < -0.4 is 5.43 Å². The van der Waals surface area contributed by atoms with Crippen molar-refractivity contribution in [1.29, 1.82) is 0 Å². The van der Waals surface area contributed by atoms with Crippen LogP contribution in [0.4, 0.5) is 0 Å². The molecule has 0 radical (unpaired) electrons. The number of carbonyl (C=O) groups excluding carboxylic acids is 1. The van der Waals surface area contributed by atoms with E-state index >= 15 is 0 Å². The second kappa shape index (κ2) is 3.72. The lowest BCUT2D eigenvalue weighted by Gasteiger charge is -2.37. The van der Waals surface area contributed by atoms with E-state index in [1.807, 2.05) is 4.90 Å². The first-order valence-electron chi connectivity index (χ1n) is 6.17. The second-order valence-corrected chi connectivity index (χ2v) is 5.25. The molecule has 1 aromatic rings. The highest BCUT2D eigenvalue weighted by Gasteiger charge is 2.44. The van der Waals surface area contributed by atoms with Gasteiger partial charge in [-0.25, -0.2) is 0 Å². The minimum absolute atomic E-state index is 0.115. The van der Waals surface area contributed by atoms with Crippen molar-refractivity contribution in [3.8, 4) is 0 Å². The summed E-state index contributed by atoms with van der Waals surface area (Å²) < 4.78 is 0. The molecule has 0 bridgehead atoms. The van der Waals surface area contributed by atoms with E-state index in [4.69, 9.17) is 0 Å². The lowest BCUT2D eigenvalue weighted by atomic mass is 9.68. The summed E-state index contributed by atoms with van der Waals surface area (Å²) in [7, 11) is 0.